The molecule has 180 valence electrons. The van der Waals surface area contributed by atoms with Crippen molar-refractivity contribution < 1.29 is 28.5 Å². The lowest BCUT2D eigenvalue weighted by Gasteiger charge is -2.42. The highest BCUT2D eigenvalue weighted by Crippen LogP contribution is 2.59. The minimum atomic E-state index is -0.401. The maximum absolute atomic E-state index is 12.4. The molecule has 3 fully saturated rings. The Morgan fingerprint density at radius 2 is 1.67 bits per heavy atom. The summed E-state index contributed by atoms with van der Waals surface area (Å²) in [5, 5.41) is 0. The first-order valence-corrected chi connectivity index (χ1v) is 11.6. The number of esters is 1. The van der Waals surface area contributed by atoms with E-state index in [2.05, 4.69) is 26.8 Å². The third-order valence-corrected chi connectivity index (χ3v) is 6.62. The molecule has 2 heterocycles. The Kier molecular flexibility index (Phi) is 8.27. The number of hydrogen-bond donors (Lipinski definition) is 0. The van der Waals surface area contributed by atoms with Crippen LogP contribution in [0, 0.1) is 5.92 Å². The Labute approximate surface area is 197 Å². The van der Waals surface area contributed by atoms with Crippen LogP contribution in [0.5, 0.6) is 0 Å². The van der Waals surface area contributed by atoms with E-state index in [0.29, 0.717) is 13.0 Å². The van der Waals surface area contributed by atoms with Gasteiger partial charge in [-0.15, -0.1) is 0 Å². The van der Waals surface area contributed by atoms with Gasteiger partial charge in [-0.2, -0.15) is 0 Å². The van der Waals surface area contributed by atoms with E-state index in [4.69, 9.17) is 18.9 Å². The van der Waals surface area contributed by atoms with Gasteiger partial charge in [-0.3, -0.25) is 4.79 Å². The summed E-state index contributed by atoms with van der Waals surface area (Å²) in [6, 6.07) is 0. The van der Waals surface area contributed by atoms with Gasteiger partial charge in [0.2, 0.25) is 0 Å². The molecule has 6 atom stereocenters. The third-order valence-electron chi connectivity index (χ3n) is 6.62. The van der Waals surface area contributed by atoms with Crippen molar-refractivity contribution in [2.24, 2.45) is 5.92 Å². The number of methoxy groups -OCH3 is 1. The van der Waals surface area contributed by atoms with Crippen molar-refractivity contribution in [1.29, 1.82) is 0 Å². The Hall–Kier alpha value is -2.28. The fourth-order valence-electron chi connectivity index (χ4n) is 4.84. The van der Waals surface area contributed by atoms with Gasteiger partial charge in [-0.25, -0.2) is 4.79 Å². The van der Waals surface area contributed by atoms with Gasteiger partial charge in [-0.05, 0) is 53.0 Å². The fraction of sp³-hybridized carbons (Fsp3) is 0.556. The zero-order valence-corrected chi connectivity index (χ0v) is 20.3. The number of epoxide rings is 2. The summed E-state index contributed by atoms with van der Waals surface area (Å²) >= 11 is 0. The van der Waals surface area contributed by atoms with E-state index in [1.54, 1.807) is 43.6 Å². The molecule has 0 N–H and O–H groups in total. The van der Waals surface area contributed by atoms with Gasteiger partial charge in [0.1, 0.15) is 23.4 Å². The maximum Gasteiger partial charge on any atom is 0.331 e. The highest BCUT2D eigenvalue weighted by molar-refractivity contribution is 5.87. The van der Waals surface area contributed by atoms with Crippen LogP contribution >= 0.6 is 0 Å². The highest BCUT2D eigenvalue weighted by Gasteiger charge is 2.72. The summed E-state index contributed by atoms with van der Waals surface area (Å²) in [5.41, 5.74) is 0.684. The van der Waals surface area contributed by atoms with E-state index in [9.17, 15) is 9.59 Å². The molecule has 3 aliphatic rings. The van der Waals surface area contributed by atoms with Crippen LogP contribution in [0.3, 0.4) is 0 Å². The third kappa shape index (κ3) is 6.40. The Morgan fingerprint density at radius 3 is 2.24 bits per heavy atom. The van der Waals surface area contributed by atoms with Gasteiger partial charge < -0.3 is 18.9 Å². The van der Waals surface area contributed by atoms with Crippen LogP contribution in [0.4, 0.5) is 0 Å². The lowest BCUT2D eigenvalue weighted by molar-refractivity contribution is -0.166. The van der Waals surface area contributed by atoms with Crippen LogP contribution in [0.1, 0.15) is 47.0 Å². The van der Waals surface area contributed by atoms with Crippen molar-refractivity contribution >= 4 is 11.8 Å². The predicted octanol–water partition coefficient (Wildman–Crippen LogP) is 4.42. The van der Waals surface area contributed by atoms with Crippen molar-refractivity contribution in [1.82, 2.24) is 0 Å². The lowest BCUT2D eigenvalue weighted by Crippen LogP contribution is -2.55. The molecule has 6 nitrogen and oxygen atoms in total. The second kappa shape index (κ2) is 10.8. The molecule has 0 aromatic carbocycles. The first-order valence-electron chi connectivity index (χ1n) is 11.6. The average molecular weight is 457 g/mol. The number of rotatable bonds is 10. The minimum Gasteiger partial charge on any atom is -0.456 e. The molecule has 33 heavy (non-hydrogen) atoms. The number of ketones is 1. The predicted molar refractivity (Wildman–Crippen MR) is 127 cm³/mol. The van der Waals surface area contributed by atoms with Crippen molar-refractivity contribution in [2.45, 2.75) is 76.5 Å². The number of hydrogen-bond acceptors (Lipinski definition) is 6. The van der Waals surface area contributed by atoms with Gasteiger partial charge in [0.25, 0.3) is 0 Å². The summed E-state index contributed by atoms with van der Waals surface area (Å²) in [4.78, 5) is 23.3. The number of ether oxygens (including phenoxy) is 4. The summed E-state index contributed by atoms with van der Waals surface area (Å²) in [6.07, 6.45) is 17.3. The van der Waals surface area contributed by atoms with Crippen LogP contribution in [-0.2, 0) is 28.5 Å². The first-order chi connectivity index (χ1) is 15.7. The summed E-state index contributed by atoms with van der Waals surface area (Å²) < 4.78 is 23.8. The maximum atomic E-state index is 12.4. The summed E-state index contributed by atoms with van der Waals surface area (Å²) in [6.45, 7) is 8.50. The quantitative estimate of drug-likeness (QED) is 0.159. The van der Waals surface area contributed by atoms with E-state index in [0.717, 1.165) is 12.8 Å². The molecule has 3 rings (SSSR count). The molecule has 0 radical (unpaired) electrons. The van der Waals surface area contributed by atoms with Crippen LogP contribution in [0.2, 0.25) is 0 Å². The SMILES string of the molecule is CO[C@@H]1[C@H](OC(=O)/C=C/C=C/C=C/C=C/C(C)=O)CC[C@@]2(CO2)[C@H]1[C@]1(C)O[C@@H]1CC=C(C)C. The van der Waals surface area contributed by atoms with Gasteiger partial charge in [0.15, 0.2) is 5.78 Å². The second-order valence-corrected chi connectivity index (χ2v) is 9.45. The molecule has 1 aliphatic carbocycles. The zero-order chi connectivity index (χ0) is 24.1. The normalized spacial score (nSPS) is 35.7. The number of allylic oxidation sites excluding steroid dienone is 8. The van der Waals surface area contributed by atoms with E-state index < -0.39 is 5.97 Å². The van der Waals surface area contributed by atoms with Crippen molar-refractivity contribution in [2.75, 3.05) is 13.7 Å². The molecule has 0 bridgehead atoms. The minimum absolute atomic E-state index is 0.00425. The molecule has 6 heteroatoms. The van der Waals surface area contributed by atoms with Crippen LogP contribution < -0.4 is 0 Å². The zero-order valence-electron chi connectivity index (χ0n) is 20.3. The smallest absolute Gasteiger partial charge is 0.331 e. The van der Waals surface area contributed by atoms with Gasteiger partial charge in [0.05, 0.1) is 18.6 Å². The Balaban J connectivity index is 1.59. The van der Waals surface area contributed by atoms with Gasteiger partial charge >= 0.3 is 5.97 Å². The van der Waals surface area contributed by atoms with E-state index in [-0.39, 0.29) is 41.2 Å². The fourth-order valence-corrected chi connectivity index (χ4v) is 4.84. The molecule has 0 amide bonds. The monoisotopic (exact) mass is 456 g/mol. The highest BCUT2D eigenvalue weighted by atomic mass is 16.6. The molecule has 0 aromatic rings. The molecule has 2 aliphatic heterocycles. The lowest BCUT2D eigenvalue weighted by atomic mass is 9.68. The van der Waals surface area contributed by atoms with E-state index in [1.807, 2.05) is 0 Å². The molecule has 1 spiro atoms. The molecule has 1 saturated carbocycles. The Morgan fingerprint density at radius 1 is 1.03 bits per heavy atom. The first kappa shape index (κ1) is 25.3. The summed E-state index contributed by atoms with van der Waals surface area (Å²) in [5.74, 6) is -0.397. The summed E-state index contributed by atoms with van der Waals surface area (Å²) in [7, 11) is 1.67. The molecule has 0 unspecified atom stereocenters. The topological polar surface area (TPSA) is 77.7 Å². The van der Waals surface area contributed by atoms with Crippen molar-refractivity contribution in [3.05, 3.63) is 60.3 Å². The molecule has 2 saturated heterocycles. The van der Waals surface area contributed by atoms with Crippen molar-refractivity contribution in [3.63, 3.8) is 0 Å². The molecule has 0 aromatic heterocycles. The number of carbonyl (C=O) groups excluding carboxylic acids is 2. The van der Waals surface area contributed by atoms with E-state index in [1.165, 1.54) is 24.6 Å². The molecular weight excluding hydrogens is 420 g/mol. The standard InChI is InChI=1S/C27H36O6/c1-19(2)14-15-22-26(4,33-22)25-24(30-5)21(16-17-27(25)18-31-27)32-23(29)13-11-9-7-6-8-10-12-20(3)28/h6-14,21-22,24-25H,15-18H2,1-5H3/b8-6+,9-7+,12-10+,13-11+/t21-,22-,24-,25-,26-,27-/m1/s1. The Bertz CT molecular complexity index is 871. The van der Waals surface area contributed by atoms with Crippen LogP contribution in [0.15, 0.2) is 60.3 Å². The van der Waals surface area contributed by atoms with Gasteiger partial charge in [-0.1, -0.05) is 48.1 Å². The second-order valence-electron chi connectivity index (χ2n) is 9.45. The largest absolute Gasteiger partial charge is 0.456 e. The van der Waals surface area contributed by atoms with Gasteiger partial charge in [0, 0.05) is 13.2 Å². The molecular formula is C27H36O6. The average Bonchev–Trinajstić information content (AvgIpc) is 3.67. The number of carbonyl (C=O) groups is 2. The van der Waals surface area contributed by atoms with E-state index >= 15 is 0 Å². The van der Waals surface area contributed by atoms with Crippen LogP contribution in [-0.4, -0.2) is 55.0 Å². The van der Waals surface area contributed by atoms with Crippen molar-refractivity contribution in [3.8, 4) is 0 Å². The van der Waals surface area contributed by atoms with Crippen LogP contribution in [0.25, 0.3) is 0 Å².